The monoisotopic (exact) mass is 532 g/mol. The maximum absolute atomic E-state index is 14.4. The third-order valence-electron chi connectivity index (χ3n) is 8.83. The van der Waals surface area contributed by atoms with Crippen LogP contribution >= 0.6 is 0 Å². The van der Waals surface area contributed by atoms with Crippen LogP contribution in [0, 0.1) is 23.7 Å². The molecule has 0 aromatic carbocycles. The Morgan fingerprint density at radius 3 is 2.58 bits per heavy atom. The van der Waals surface area contributed by atoms with Gasteiger partial charge in [-0.1, -0.05) is 46.3 Å². The van der Waals surface area contributed by atoms with Gasteiger partial charge >= 0.3 is 5.97 Å². The maximum atomic E-state index is 14.4. The van der Waals surface area contributed by atoms with Crippen molar-refractivity contribution in [1.82, 2.24) is 9.80 Å². The number of aliphatic hydroxyl groups excluding tert-OH is 1. The molecule has 0 aromatic rings. The molecule has 0 saturated carbocycles. The van der Waals surface area contributed by atoms with E-state index in [1.807, 2.05) is 27.7 Å². The summed E-state index contributed by atoms with van der Waals surface area (Å²) >= 11 is 0. The summed E-state index contributed by atoms with van der Waals surface area (Å²) < 4.78 is 12.5. The Labute approximate surface area is 228 Å². The minimum Gasteiger partial charge on any atom is -0.465 e. The quantitative estimate of drug-likeness (QED) is 0.196. The van der Waals surface area contributed by atoms with Gasteiger partial charge in [-0.3, -0.25) is 14.4 Å². The molecule has 3 aliphatic heterocycles. The van der Waals surface area contributed by atoms with Crippen molar-refractivity contribution in [1.29, 1.82) is 0 Å². The molecular formula is C30H48N2O6. The molecule has 7 atom stereocenters. The van der Waals surface area contributed by atoms with Crippen molar-refractivity contribution >= 4 is 17.8 Å². The fourth-order valence-electron chi connectivity index (χ4n) is 6.99. The first-order chi connectivity index (χ1) is 18.0. The van der Waals surface area contributed by atoms with Crippen LogP contribution in [-0.4, -0.2) is 82.3 Å². The van der Waals surface area contributed by atoms with Gasteiger partial charge in [0.25, 0.3) is 0 Å². The zero-order valence-corrected chi connectivity index (χ0v) is 24.0. The summed E-state index contributed by atoms with van der Waals surface area (Å²) in [5.74, 6) is -2.46. The van der Waals surface area contributed by atoms with E-state index in [0.717, 1.165) is 19.3 Å². The van der Waals surface area contributed by atoms with Crippen molar-refractivity contribution in [3.63, 3.8) is 0 Å². The molecule has 214 valence electrons. The number of rotatable bonds is 15. The first-order valence-electron chi connectivity index (χ1n) is 14.3. The molecule has 2 amide bonds. The zero-order valence-electron chi connectivity index (χ0n) is 24.0. The predicted molar refractivity (Wildman–Crippen MR) is 146 cm³/mol. The number of amides is 2. The second kappa shape index (κ2) is 12.3. The number of ether oxygens (including phenoxy) is 2. The van der Waals surface area contributed by atoms with E-state index in [1.165, 1.54) is 0 Å². The van der Waals surface area contributed by atoms with Gasteiger partial charge in [0.1, 0.15) is 17.6 Å². The Kier molecular flexibility index (Phi) is 9.85. The van der Waals surface area contributed by atoms with Crippen LogP contribution in [0.4, 0.5) is 0 Å². The van der Waals surface area contributed by atoms with E-state index >= 15 is 0 Å². The third kappa shape index (κ3) is 5.18. The Morgan fingerprint density at radius 2 is 2.00 bits per heavy atom. The number of unbranched alkanes of at least 4 members (excludes halogenated alkanes) is 2. The summed E-state index contributed by atoms with van der Waals surface area (Å²) in [5, 5.41) is 10.4. The molecule has 0 aromatic heterocycles. The molecular weight excluding hydrogens is 484 g/mol. The smallest absolute Gasteiger partial charge is 0.312 e. The van der Waals surface area contributed by atoms with Crippen LogP contribution in [0.1, 0.15) is 73.1 Å². The summed E-state index contributed by atoms with van der Waals surface area (Å²) in [6.07, 6.45) is 7.61. The molecule has 8 heteroatoms. The summed E-state index contributed by atoms with van der Waals surface area (Å²) in [7, 11) is 0. The van der Waals surface area contributed by atoms with Gasteiger partial charge in [0.2, 0.25) is 11.8 Å². The van der Waals surface area contributed by atoms with E-state index in [0.29, 0.717) is 32.4 Å². The zero-order chi connectivity index (χ0) is 28.3. The standard InChI is InChI=1S/C30H48N2O6/c1-8-11-13-16-37-28(36)24-23-26(34)32(22(19-33)17-20(4)5)25(27(35)31(14-10-3)15-12-9-2)30(23)18-21(6)29(24,7)38-30/h8,10,20-25,33H,1,3,9,11-19H2,2,4-7H3/t21?,22-,23+,24+,25?,29-,30?/m1/s1. The largest absolute Gasteiger partial charge is 0.465 e. The van der Waals surface area contributed by atoms with Crippen molar-refractivity contribution in [2.45, 2.75) is 96.4 Å². The van der Waals surface area contributed by atoms with E-state index in [-0.39, 0.29) is 36.9 Å². The van der Waals surface area contributed by atoms with Crippen LogP contribution in [-0.2, 0) is 23.9 Å². The van der Waals surface area contributed by atoms with Crippen LogP contribution in [0.25, 0.3) is 0 Å². The van der Waals surface area contributed by atoms with Gasteiger partial charge in [-0.25, -0.2) is 0 Å². The van der Waals surface area contributed by atoms with Crippen molar-refractivity contribution < 1.29 is 29.0 Å². The fraction of sp³-hybridized carbons (Fsp3) is 0.767. The highest BCUT2D eigenvalue weighted by atomic mass is 16.6. The number of nitrogens with zero attached hydrogens (tertiary/aromatic N) is 2. The van der Waals surface area contributed by atoms with E-state index < -0.39 is 41.1 Å². The number of aliphatic hydroxyl groups is 1. The van der Waals surface area contributed by atoms with E-state index in [2.05, 4.69) is 20.1 Å². The maximum Gasteiger partial charge on any atom is 0.312 e. The molecule has 3 heterocycles. The fourth-order valence-corrected chi connectivity index (χ4v) is 6.99. The molecule has 38 heavy (non-hydrogen) atoms. The lowest BCUT2D eigenvalue weighted by Gasteiger charge is -2.40. The second-order valence-corrected chi connectivity index (χ2v) is 11.9. The molecule has 2 bridgehead atoms. The molecule has 1 N–H and O–H groups in total. The number of fused-ring (bicyclic) bond motifs is 1. The van der Waals surface area contributed by atoms with Crippen molar-refractivity contribution in [3.05, 3.63) is 25.3 Å². The third-order valence-corrected chi connectivity index (χ3v) is 8.83. The summed E-state index contributed by atoms with van der Waals surface area (Å²) in [5.41, 5.74) is -2.07. The Balaban J connectivity index is 2.09. The number of carbonyl (C=O) groups excluding carboxylic acids is 3. The van der Waals surface area contributed by atoms with Crippen molar-refractivity contribution in [3.8, 4) is 0 Å². The second-order valence-electron chi connectivity index (χ2n) is 11.9. The SMILES string of the molecule is C=CCCCOC(=O)[C@@H]1[C@H]2C(=O)N([C@@H](CO)CC(C)C)C(C(=O)N(CC=C)CCCC)C23CC(C)[C@@]1(C)O3. The summed E-state index contributed by atoms with van der Waals surface area (Å²) in [4.78, 5) is 45.6. The highest BCUT2D eigenvalue weighted by Gasteiger charge is 2.80. The van der Waals surface area contributed by atoms with Gasteiger partial charge in [0.15, 0.2) is 0 Å². The van der Waals surface area contributed by atoms with Crippen LogP contribution in [0.15, 0.2) is 25.3 Å². The molecule has 3 aliphatic rings. The first-order valence-corrected chi connectivity index (χ1v) is 14.3. The minimum atomic E-state index is -1.15. The minimum absolute atomic E-state index is 0.0614. The van der Waals surface area contributed by atoms with Crippen molar-refractivity contribution in [2.75, 3.05) is 26.3 Å². The Morgan fingerprint density at radius 1 is 1.29 bits per heavy atom. The Hall–Kier alpha value is -2.19. The Bertz CT molecular complexity index is 905. The molecule has 3 unspecified atom stereocenters. The van der Waals surface area contributed by atoms with Crippen LogP contribution in [0.3, 0.4) is 0 Å². The van der Waals surface area contributed by atoms with E-state index in [1.54, 1.807) is 22.0 Å². The van der Waals surface area contributed by atoms with Gasteiger partial charge in [-0.2, -0.15) is 0 Å². The average molecular weight is 533 g/mol. The predicted octanol–water partition coefficient (Wildman–Crippen LogP) is 3.73. The molecule has 1 spiro atoms. The topological polar surface area (TPSA) is 96.4 Å². The van der Waals surface area contributed by atoms with Gasteiger partial charge < -0.3 is 24.4 Å². The van der Waals surface area contributed by atoms with Crippen LogP contribution in [0.2, 0.25) is 0 Å². The lowest BCUT2D eigenvalue weighted by molar-refractivity contribution is -0.164. The number of hydrogen-bond acceptors (Lipinski definition) is 6. The number of esters is 1. The normalized spacial score (nSPS) is 32.4. The number of likely N-dealkylation sites (tertiary alicyclic amines) is 1. The number of carbonyl (C=O) groups is 3. The van der Waals surface area contributed by atoms with Crippen LogP contribution < -0.4 is 0 Å². The van der Waals surface area contributed by atoms with Crippen LogP contribution in [0.5, 0.6) is 0 Å². The molecule has 3 saturated heterocycles. The van der Waals surface area contributed by atoms with E-state index in [4.69, 9.17) is 9.47 Å². The molecule has 8 nitrogen and oxygen atoms in total. The lowest BCUT2D eigenvalue weighted by atomic mass is 9.62. The number of allylic oxidation sites excluding steroid dienone is 1. The molecule has 0 radical (unpaired) electrons. The van der Waals surface area contributed by atoms with Crippen molar-refractivity contribution in [2.24, 2.45) is 23.7 Å². The van der Waals surface area contributed by atoms with E-state index in [9.17, 15) is 19.5 Å². The van der Waals surface area contributed by atoms with Gasteiger partial charge in [0.05, 0.1) is 30.8 Å². The lowest BCUT2D eigenvalue weighted by Crippen LogP contribution is -2.59. The first kappa shape index (κ1) is 30.4. The molecule has 3 rings (SSSR count). The highest BCUT2D eigenvalue weighted by Crippen LogP contribution is 2.65. The summed E-state index contributed by atoms with van der Waals surface area (Å²) in [6, 6.07) is -1.47. The highest BCUT2D eigenvalue weighted by molar-refractivity contribution is 5.98. The average Bonchev–Trinajstić information content (AvgIpc) is 3.39. The molecule has 3 fully saturated rings. The number of hydrogen-bond donors (Lipinski definition) is 1. The van der Waals surface area contributed by atoms with Gasteiger partial charge in [-0.15, -0.1) is 13.2 Å². The summed E-state index contributed by atoms with van der Waals surface area (Å²) in [6.45, 7) is 18.4. The van der Waals surface area contributed by atoms with Gasteiger partial charge in [0, 0.05) is 13.1 Å². The van der Waals surface area contributed by atoms with Gasteiger partial charge in [-0.05, 0) is 50.9 Å². The molecule has 0 aliphatic carbocycles.